The highest BCUT2D eigenvalue weighted by molar-refractivity contribution is 7.09. The third-order valence-corrected chi connectivity index (χ3v) is 3.09. The molecule has 0 spiro atoms. The maximum atomic E-state index is 13.6. The zero-order valence-electron chi connectivity index (χ0n) is 9.39. The van der Waals surface area contributed by atoms with E-state index in [4.69, 9.17) is 10.5 Å². The SMILES string of the molecule is C[C@@H](N)c1ccc(OCc2cncs2)c(F)c1. The first-order chi connectivity index (χ1) is 8.16. The van der Waals surface area contributed by atoms with Gasteiger partial charge in [0.15, 0.2) is 11.6 Å². The lowest BCUT2D eigenvalue weighted by atomic mass is 10.1. The van der Waals surface area contributed by atoms with Gasteiger partial charge in [-0.15, -0.1) is 11.3 Å². The van der Waals surface area contributed by atoms with Gasteiger partial charge in [-0.2, -0.15) is 0 Å². The van der Waals surface area contributed by atoms with Crippen molar-refractivity contribution in [3.63, 3.8) is 0 Å². The van der Waals surface area contributed by atoms with Crippen LogP contribution in [-0.2, 0) is 6.61 Å². The molecule has 2 N–H and O–H groups in total. The number of rotatable bonds is 4. The van der Waals surface area contributed by atoms with Crippen molar-refractivity contribution in [3.05, 3.63) is 46.2 Å². The molecule has 1 heterocycles. The largest absolute Gasteiger partial charge is 0.485 e. The van der Waals surface area contributed by atoms with Crippen molar-refractivity contribution in [1.82, 2.24) is 4.98 Å². The van der Waals surface area contributed by atoms with Gasteiger partial charge in [-0.3, -0.25) is 4.98 Å². The molecule has 90 valence electrons. The number of ether oxygens (including phenoxy) is 1. The molecule has 0 aliphatic heterocycles. The number of nitrogens with two attached hydrogens (primary N) is 1. The number of aromatic nitrogens is 1. The Labute approximate surface area is 103 Å². The molecule has 2 rings (SSSR count). The Bertz CT molecular complexity index is 485. The van der Waals surface area contributed by atoms with E-state index in [-0.39, 0.29) is 17.6 Å². The van der Waals surface area contributed by atoms with Crippen LogP contribution in [0.15, 0.2) is 29.9 Å². The minimum atomic E-state index is -0.385. The van der Waals surface area contributed by atoms with Gasteiger partial charge in [0.2, 0.25) is 0 Å². The lowest BCUT2D eigenvalue weighted by molar-refractivity contribution is 0.293. The fourth-order valence-corrected chi connectivity index (χ4v) is 1.89. The second kappa shape index (κ2) is 5.25. The van der Waals surface area contributed by atoms with Crippen molar-refractivity contribution in [2.45, 2.75) is 19.6 Å². The molecule has 1 aromatic carbocycles. The second-order valence-electron chi connectivity index (χ2n) is 3.73. The first-order valence-electron chi connectivity index (χ1n) is 5.22. The minimum Gasteiger partial charge on any atom is -0.485 e. The smallest absolute Gasteiger partial charge is 0.165 e. The van der Waals surface area contributed by atoms with Crippen LogP contribution < -0.4 is 10.5 Å². The van der Waals surface area contributed by atoms with Crippen LogP contribution in [-0.4, -0.2) is 4.98 Å². The van der Waals surface area contributed by atoms with Crippen LogP contribution in [0, 0.1) is 5.82 Å². The molecule has 0 radical (unpaired) electrons. The number of hydrogen-bond donors (Lipinski definition) is 1. The van der Waals surface area contributed by atoms with Crippen molar-refractivity contribution in [2.24, 2.45) is 5.73 Å². The van der Waals surface area contributed by atoms with Gasteiger partial charge in [0.25, 0.3) is 0 Å². The van der Waals surface area contributed by atoms with E-state index in [1.54, 1.807) is 23.8 Å². The lowest BCUT2D eigenvalue weighted by Crippen LogP contribution is -2.05. The molecule has 0 bridgehead atoms. The van der Waals surface area contributed by atoms with E-state index in [1.165, 1.54) is 17.4 Å². The third-order valence-electron chi connectivity index (χ3n) is 2.34. The first-order valence-corrected chi connectivity index (χ1v) is 6.10. The highest BCUT2D eigenvalue weighted by Gasteiger charge is 2.07. The van der Waals surface area contributed by atoms with Gasteiger partial charge in [-0.1, -0.05) is 6.07 Å². The summed E-state index contributed by atoms with van der Waals surface area (Å²) in [4.78, 5) is 4.88. The molecule has 0 fully saturated rings. The molecule has 1 atom stereocenters. The van der Waals surface area contributed by atoms with E-state index in [0.29, 0.717) is 6.61 Å². The van der Waals surface area contributed by atoms with Crippen LogP contribution in [0.3, 0.4) is 0 Å². The summed E-state index contributed by atoms with van der Waals surface area (Å²) in [6.07, 6.45) is 1.71. The zero-order valence-corrected chi connectivity index (χ0v) is 10.2. The summed E-state index contributed by atoms with van der Waals surface area (Å²) < 4.78 is 19.0. The van der Waals surface area contributed by atoms with Crippen molar-refractivity contribution < 1.29 is 9.13 Å². The third kappa shape index (κ3) is 3.01. The molecule has 0 aliphatic rings. The number of nitrogens with zero attached hydrogens (tertiary/aromatic N) is 1. The van der Waals surface area contributed by atoms with Gasteiger partial charge >= 0.3 is 0 Å². The Hall–Kier alpha value is -1.46. The Morgan fingerprint density at radius 1 is 1.53 bits per heavy atom. The maximum absolute atomic E-state index is 13.6. The van der Waals surface area contributed by atoms with Crippen LogP contribution in [0.4, 0.5) is 4.39 Å². The van der Waals surface area contributed by atoms with E-state index in [0.717, 1.165) is 10.4 Å². The quantitative estimate of drug-likeness (QED) is 0.910. The predicted octanol–water partition coefficient (Wildman–Crippen LogP) is 2.88. The average Bonchev–Trinajstić information content (AvgIpc) is 2.80. The summed E-state index contributed by atoms with van der Waals surface area (Å²) in [6.45, 7) is 2.14. The molecule has 5 heteroatoms. The van der Waals surface area contributed by atoms with Gasteiger partial charge in [-0.25, -0.2) is 4.39 Å². The highest BCUT2D eigenvalue weighted by Crippen LogP contribution is 2.22. The summed E-state index contributed by atoms with van der Waals surface area (Å²) in [5, 5.41) is 0. The topological polar surface area (TPSA) is 48.1 Å². The van der Waals surface area contributed by atoms with Gasteiger partial charge in [0.05, 0.1) is 10.4 Å². The summed E-state index contributed by atoms with van der Waals surface area (Å²) >= 11 is 1.48. The van der Waals surface area contributed by atoms with Gasteiger partial charge in [0.1, 0.15) is 6.61 Å². The predicted molar refractivity (Wildman–Crippen MR) is 65.4 cm³/mol. The second-order valence-corrected chi connectivity index (χ2v) is 4.71. The van der Waals surface area contributed by atoms with Gasteiger partial charge < -0.3 is 10.5 Å². The molecular weight excluding hydrogens is 239 g/mol. The Morgan fingerprint density at radius 2 is 2.35 bits per heavy atom. The highest BCUT2D eigenvalue weighted by atomic mass is 32.1. The Balaban J connectivity index is 2.06. The molecular formula is C12H13FN2OS. The first kappa shape index (κ1) is 12.0. The van der Waals surface area contributed by atoms with Crippen LogP contribution in [0.2, 0.25) is 0 Å². The summed E-state index contributed by atoms with van der Waals surface area (Å²) in [7, 11) is 0. The van der Waals surface area contributed by atoms with Crippen LogP contribution in [0.5, 0.6) is 5.75 Å². The minimum absolute atomic E-state index is 0.181. The van der Waals surface area contributed by atoms with Crippen molar-refractivity contribution in [2.75, 3.05) is 0 Å². The number of halogens is 1. The fourth-order valence-electron chi connectivity index (χ4n) is 1.38. The molecule has 17 heavy (non-hydrogen) atoms. The monoisotopic (exact) mass is 252 g/mol. The van der Waals surface area contributed by atoms with Crippen LogP contribution >= 0.6 is 11.3 Å². The Kier molecular flexibility index (Phi) is 3.71. The molecule has 3 nitrogen and oxygen atoms in total. The molecule has 1 aromatic heterocycles. The summed E-state index contributed by atoms with van der Waals surface area (Å²) in [5.41, 5.74) is 8.14. The van der Waals surface area contributed by atoms with Gasteiger partial charge in [-0.05, 0) is 24.6 Å². The van der Waals surface area contributed by atoms with Crippen molar-refractivity contribution >= 4 is 11.3 Å². The fraction of sp³-hybridized carbons (Fsp3) is 0.250. The van der Waals surface area contributed by atoms with E-state index < -0.39 is 0 Å². The number of thiazole rings is 1. The molecule has 0 saturated carbocycles. The molecule has 0 unspecified atom stereocenters. The molecule has 2 aromatic rings. The van der Waals surface area contributed by atoms with E-state index in [2.05, 4.69) is 4.98 Å². The van der Waals surface area contributed by atoms with Crippen LogP contribution in [0.25, 0.3) is 0 Å². The zero-order chi connectivity index (χ0) is 12.3. The Morgan fingerprint density at radius 3 is 2.94 bits per heavy atom. The van der Waals surface area contributed by atoms with Crippen molar-refractivity contribution in [1.29, 1.82) is 0 Å². The number of hydrogen-bond acceptors (Lipinski definition) is 4. The van der Waals surface area contributed by atoms with Crippen LogP contribution in [0.1, 0.15) is 23.4 Å². The summed E-state index contributed by atoms with van der Waals surface area (Å²) in [5.74, 6) is -0.146. The standard InChI is InChI=1S/C12H13FN2OS/c1-8(14)9-2-3-12(11(13)4-9)16-6-10-5-15-7-17-10/h2-5,7-8H,6,14H2,1H3/t8-/m1/s1. The summed E-state index contributed by atoms with van der Waals surface area (Å²) in [6, 6.07) is 4.61. The van der Waals surface area contributed by atoms with E-state index >= 15 is 0 Å². The van der Waals surface area contributed by atoms with Gasteiger partial charge in [0, 0.05) is 12.2 Å². The molecule has 0 saturated heterocycles. The number of benzene rings is 1. The maximum Gasteiger partial charge on any atom is 0.165 e. The molecule has 0 amide bonds. The average molecular weight is 252 g/mol. The van der Waals surface area contributed by atoms with Crippen molar-refractivity contribution in [3.8, 4) is 5.75 Å². The van der Waals surface area contributed by atoms with E-state index in [1.807, 2.05) is 6.92 Å². The van der Waals surface area contributed by atoms with E-state index in [9.17, 15) is 4.39 Å². The lowest BCUT2D eigenvalue weighted by Gasteiger charge is -2.09. The normalized spacial score (nSPS) is 12.4. The molecule has 0 aliphatic carbocycles.